The molecule has 0 spiro atoms. The van der Waals surface area contributed by atoms with Crippen molar-refractivity contribution in [3.8, 4) is 11.5 Å². The van der Waals surface area contributed by atoms with E-state index in [4.69, 9.17) is 9.47 Å². The number of ether oxygens (including phenoxy) is 2. The van der Waals surface area contributed by atoms with Crippen molar-refractivity contribution in [2.75, 3.05) is 33.9 Å². The van der Waals surface area contributed by atoms with Crippen LogP contribution in [0.25, 0.3) is 0 Å². The predicted molar refractivity (Wildman–Crippen MR) is 72.7 cm³/mol. The molecular weight excluding hydrogens is 240 g/mol. The van der Waals surface area contributed by atoms with E-state index < -0.39 is 0 Å². The number of likely N-dealkylation sites (tertiary alicyclic amines) is 1. The van der Waals surface area contributed by atoms with Crippen molar-refractivity contribution in [2.24, 2.45) is 0 Å². The van der Waals surface area contributed by atoms with Gasteiger partial charge in [-0.25, -0.2) is 0 Å². The van der Waals surface area contributed by atoms with Gasteiger partial charge < -0.3 is 19.7 Å². The fraction of sp³-hybridized carbons (Fsp3) is 0.600. The summed E-state index contributed by atoms with van der Waals surface area (Å²) in [6.45, 7) is 4.87. The second kappa shape index (κ2) is 5.39. The zero-order valence-electron chi connectivity index (χ0n) is 11.9. The smallest absolute Gasteiger partial charge is 0.163 e. The van der Waals surface area contributed by atoms with Crippen LogP contribution in [0.5, 0.6) is 11.5 Å². The number of nitrogens with one attached hydrogen (secondary N) is 1. The second-order valence-corrected chi connectivity index (χ2v) is 5.55. The summed E-state index contributed by atoms with van der Waals surface area (Å²) in [6.07, 6.45) is 2.74. The van der Waals surface area contributed by atoms with E-state index in [1.807, 2.05) is 0 Å². The maximum atomic E-state index is 5.47. The fourth-order valence-electron chi connectivity index (χ4n) is 3.53. The van der Waals surface area contributed by atoms with Crippen LogP contribution in [0.1, 0.15) is 30.0 Å². The monoisotopic (exact) mass is 264 g/mol. The van der Waals surface area contributed by atoms with Crippen molar-refractivity contribution in [1.82, 2.24) is 0 Å². The number of hydrogen-bond donors (Lipinski definition) is 2. The Hall–Kier alpha value is -1.26. The summed E-state index contributed by atoms with van der Waals surface area (Å²) in [7, 11) is 3.43. The number of fused-ring (bicyclic) bond motifs is 1. The van der Waals surface area contributed by atoms with Gasteiger partial charge in [0, 0.05) is 24.0 Å². The Bertz CT molecular complexity index is 456. The molecule has 1 saturated heterocycles. The first kappa shape index (κ1) is 12.8. The van der Waals surface area contributed by atoms with E-state index in [9.17, 15) is 0 Å². The van der Waals surface area contributed by atoms with Crippen LogP contribution < -0.4 is 19.7 Å². The average molecular weight is 264 g/mol. The van der Waals surface area contributed by atoms with Gasteiger partial charge in [0.15, 0.2) is 17.5 Å². The SMILES string of the molecule is COc1cc2c(cc1OC)[C@@H]([NH+]1CCCC1)C[NH2+]C2. The Labute approximate surface area is 114 Å². The summed E-state index contributed by atoms with van der Waals surface area (Å²) in [6, 6.07) is 4.98. The molecule has 3 rings (SSSR count). The molecule has 4 nitrogen and oxygen atoms in total. The van der Waals surface area contributed by atoms with Gasteiger partial charge in [-0.2, -0.15) is 0 Å². The lowest BCUT2D eigenvalue weighted by atomic mass is 9.95. The standard InChI is InChI=1S/C15H22N2O2/c1-18-14-7-11-9-16-10-13(17-5-3-4-6-17)12(11)8-15(14)19-2/h7-8,13,16H,3-6,9-10H2,1-2H3/p+2/t13-/m0/s1. The van der Waals surface area contributed by atoms with Crippen LogP contribution in [0.15, 0.2) is 12.1 Å². The van der Waals surface area contributed by atoms with E-state index in [1.165, 1.54) is 43.6 Å². The minimum Gasteiger partial charge on any atom is -0.493 e. The van der Waals surface area contributed by atoms with Crippen LogP contribution in [0.3, 0.4) is 0 Å². The van der Waals surface area contributed by atoms with Crippen LogP contribution >= 0.6 is 0 Å². The fourth-order valence-corrected chi connectivity index (χ4v) is 3.53. The summed E-state index contributed by atoms with van der Waals surface area (Å²) >= 11 is 0. The minimum atomic E-state index is 0.617. The number of quaternary nitrogens is 2. The highest BCUT2D eigenvalue weighted by Crippen LogP contribution is 2.33. The third kappa shape index (κ3) is 2.30. The molecule has 3 N–H and O–H groups in total. The third-order valence-corrected chi connectivity index (χ3v) is 4.53. The molecule has 19 heavy (non-hydrogen) atoms. The van der Waals surface area contributed by atoms with Gasteiger partial charge in [0.05, 0.1) is 27.3 Å². The molecule has 0 aliphatic carbocycles. The zero-order valence-corrected chi connectivity index (χ0v) is 11.9. The Morgan fingerprint density at radius 1 is 1.11 bits per heavy atom. The quantitative estimate of drug-likeness (QED) is 0.773. The highest BCUT2D eigenvalue weighted by molar-refractivity contribution is 5.48. The minimum absolute atomic E-state index is 0.617. The molecule has 1 aromatic rings. The first-order valence-electron chi connectivity index (χ1n) is 7.24. The van der Waals surface area contributed by atoms with Crippen LogP contribution in [0.4, 0.5) is 0 Å². The van der Waals surface area contributed by atoms with Crippen LogP contribution in [-0.2, 0) is 6.54 Å². The maximum absolute atomic E-state index is 5.47. The zero-order chi connectivity index (χ0) is 13.2. The first-order chi connectivity index (χ1) is 9.33. The summed E-state index contributed by atoms with van der Waals surface area (Å²) < 4.78 is 10.9. The molecule has 0 radical (unpaired) electrons. The number of hydrogen-bond acceptors (Lipinski definition) is 2. The lowest BCUT2D eigenvalue weighted by Crippen LogP contribution is -3.13. The van der Waals surface area contributed by atoms with Gasteiger partial charge in [-0.1, -0.05) is 0 Å². The molecule has 0 aromatic heterocycles. The van der Waals surface area contributed by atoms with E-state index >= 15 is 0 Å². The van der Waals surface area contributed by atoms with Gasteiger partial charge in [-0.3, -0.25) is 0 Å². The average Bonchev–Trinajstić information content (AvgIpc) is 2.99. The van der Waals surface area contributed by atoms with Crippen molar-refractivity contribution in [3.05, 3.63) is 23.3 Å². The number of nitrogens with two attached hydrogens (primary N) is 1. The van der Waals surface area contributed by atoms with Gasteiger partial charge in [-0.15, -0.1) is 0 Å². The Morgan fingerprint density at radius 2 is 1.79 bits per heavy atom. The molecule has 104 valence electrons. The summed E-state index contributed by atoms with van der Waals surface area (Å²) in [4.78, 5) is 1.74. The predicted octanol–water partition coefficient (Wildman–Crippen LogP) is -0.499. The molecule has 0 saturated carbocycles. The summed E-state index contributed by atoms with van der Waals surface area (Å²) in [5.74, 6) is 1.72. The Kier molecular flexibility index (Phi) is 3.62. The molecule has 2 aliphatic rings. The van der Waals surface area contributed by atoms with Gasteiger partial charge >= 0.3 is 0 Å². The van der Waals surface area contributed by atoms with E-state index in [0.29, 0.717) is 6.04 Å². The Balaban J connectivity index is 1.98. The largest absolute Gasteiger partial charge is 0.493 e. The van der Waals surface area contributed by atoms with Gasteiger partial charge in [0.25, 0.3) is 0 Å². The van der Waals surface area contributed by atoms with Crippen LogP contribution in [0, 0.1) is 0 Å². The molecule has 0 unspecified atom stereocenters. The molecule has 1 aromatic carbocycles. The molecule has 1 atom stereocenters. The normalized spacial score (nSPS) is 23.2. The van der Waals surface area contributed by atoms with Crippen molar-refractivity contribution in [2.45, 2.75) is 25.4 Å². The van der Waals surface area contributed by atoms with Crippen LogP contribution in [-0.4, -0.2) is 33.9 Å². The Morgan fingerprint density at radius 3 is 2.47 bits per heavy atom. The molecule has 1 fully saturated rings. The summed E-state index contributed by atoms with van der Waals surface area (Å²) in [5.41, 5.74) is 2.88. The molecular formula is C15H24N2O2+2. The molecule has 2 heterocycles. The topological polar surface area (TPSA) is 39.5 Å². The molecule has 4 heteroatoms. The second-order valence-electron chi connectivity index (χ2n) is 5.55. The van der Waals surface area contributed by atoms with E-state index in [-0.39, 0.29) is 0 Å². The lowest BCUT2D eigenvalue weighted by molar-refractivity contribution is -0.937. The number of rotatable bonds is 3. The highest BCUT2D eigenvalue weighted by Gasteiger charge is 2.34. The van der Waals surface area contributed by atoms with Gasteiger partial charge in [0.2, 0.25) is 0 Å². The lowest BCUT2D eigenvalue weighted by Gasteiger charge is -2.29. The van der Waals surface area contributed by atoms with Crippen molar-refractivity contribution in [3.63, 3.8) is 0 Å². The van der Waals surface area contributed by atoms with Gasteiger partial charge in [-0.05, 0) is 12.1 Å². The summed E-state index contributed by atoms with van der Waals surface area (Å²) in [5, 5.41) is 2.42. The van der Waals surface area contributed by atoms with Crippen molar-refractivity contribution >= 4 is 0 Å². The maximum Gasteiger partial charge on any atom is 0.163 e. The van der Waals surface area contributed by atoms with Crippen molar-refractivity contribution < 1.29 is 19.7 Å². The van der Waals surface area contributed by atoms with E-state index in [1.54, 1.807) is 19.1 Å². The highest BCUT2D eigenvalue weighted by atomic mass is 16.5. The van der Waals surface area contributed by atoms with Gasteiger partial charge in [0.1, 0.15) is 13.1 Å². The third-order valence-electron chi connectivity index (χ3n) is 4.53. The first-order valence-corrected chi connectivity index (χ1v) is 7.24. The number of benzene rings is 1. The molecule has 0 amide bonds. The molecule has 2 aliphatic heterocycles. The van der Waals surface area contributed by atoms with E-state index in [2.05, 4.69) is 17.4 Å². The van der Waals surface area contributed by atoms with Crippen LogP contribution in [0.2, 0.25) is 0 Å². The molecule has 0 bridgehead atoms. The number of methoxy groups -OCH3 is 2. The van der Waals surface area contributed by atoms with E-state index in [0.717, 1.165) is 18.0 Å². The van der Waals surface area contributed by atoms with Crippen molar-refractivity contribution in [1.29, 1.82) is 0 Å².